The lowest BCUT2D eigenvalue weighted by atomic mass is 10.1. The van der Waals surface area contributed by atoms with Crippen LogP contribution in [0.1, 0.15) is 56.6 Å². The standard InChI is InChI=1S/C20H30N2O2/c1-2-17-8-10-18(11-9-17)12-13-19(23)21-14-6-16-22-15-5-3-4-7-20(22)24/h8-11H,2-7,12-16H2,1H3,(H,21,23). The molecule has 0 aromatic heterocycles. The van der Waals surface area contributed by atoms with Gasteiger partial charge in [-0.3, -0.25) is 9.59 Å². The van der Waals surface area contributed by atoms with Gasteiger partial charge in [0.15, 0.2) is 0 Å². The topological polar surface area (TPSA) is 49.4 Å². The number of carbonyl (C=O) groups excluding carboxylic acids is 2. The number of hydrogen-bond acceptors (Lipinski definition) is 2. The Balaban J connectivity index is 1.59. The van der Waals surface area contributed by atoms with Crippen molar-refractivity contribution in [2.24, 2.45) is 0 Å². The molecule has 0 unspecified atom stereocenters. The zero-order chi connectivity index (χ0) is 17.2. The van der Waals surface area contributed by atoms with Crippen molar-refractivity contribution in [3.05, 3.63) is 35.4 Å². The van der Waals surface area contributed by atoms with Gasteiger partial charge in [-0.1, -0.05) is 37.6 Å². The molecule has 24 heavy (non-hydrogen) atoms. The normalized spacial score (nSPS) is 15.2. The molecule has 0 radical (unpaired) electrons. The first kappa shape index (κ1) is 18.5. The van der Waals surface area contributed by atoms with E-state index in [1.54, 1.807) is 0 Å². The molecule has 1 N–H and O–H groups in total. The number of aryl methyl sites for hydroxylation is 2. The summed E-state index contributed by atoms with van der Waals surface area (Å²) in [5.41, 5.74) is 2.53. The van der Waals surface area contributed by atoms with E-state index in [4.69, 9.17) is 0 Å². The van der Waals surface area contributed by atoms with Crippen LogP contribution in [0.2, 0.25) is 0 Å². The highest BCUT2D eigenvalue weighted by Gasteiger charge is 2.15. The number of nitrogens with one attached hydrogen (secondary N) is 1. The van der Waals surface area contributed by atoms with Crippen molar-refractivity contribution in [2.45, 2.75) is 58.3 Å². The summed E-state index contributed by atoms with van der Waals surface area (Å²) in [5.74, 6) is 0.367. The van der Waals surface area contributed by atoms with Crippen LogP contribution in [-0.4, -0.2) is 36.3 Å². The Morgan fingerprint density at radius 2 is 1.88 bits per heavy atom. The maximum atomic E-state index is 11.9. The first-order valence-electron chi connectivity index (χ1n) is 9.31. The fourth-order valence-electron chi connectivity index (χ4n) is 3.06. The molecular formula is C20H30N2O2. The van der Waals surface area contributed by atoms with Gasteiger partial charge < -0.3 is 10.2 Å². The first-order chi connectivity index (χ1) is 11.7. The summed E-state index contributed by atoms with van der Waals surface area (Å²) < 4.78 is 0. The summed E-state index contributed by atoms with van der Waals surface area (Å²) in [6.45, 7) is 4.43. The highest BCUT2D eigenvalue weighted by atomic mass is 16.2. The SMILES string of the molecule is CCc1ccc(CCC(=O)NCCCN2CCCCCC2=O)cc1. The van der Waals surface area contributed by atoms with E-state index in [2.05, 4.69) is 36.5 Å². The Morgan fingerprint density at radius 1 is 1.12 bits per heavy atom. The molecule has 1 aromatic rings. The Morgan fingerprint density at radius 3 is 2.62 bits per heavy atom. The molecule has 0 saturated carbocycles. The second-order valence-electron chi connectivity index (χ2n) is 6.57. The Hall–Kier alpha value is -1.84. The smallest absolute Gasteiger partial charge is 0.222 e. The summed E-state index contributed by atoms with van der Waals surface area (Å²) >= 11 is 0. The monoisotopic (exact) mass is 330 g/mol. The van der Waals surface area contributed by atoms with Gasteiger partial charge in [-0.25, -0.2) is 0 Å². The predicted molar refractivity (Wildman–Crippen MR) is 96.8 cm³/mol. The molecule has 2 rings (SSSR count). The molecule has 2 amide bonds. The minimum absolute atomic E-state index is 0.0942. The lowest BCUT2D eigenvalue weighted by Crippen LogP contribution is -2.34. The van der Waals surface area contributed by atoms with Crippen molar-refractivity contribution < 1.29 is 9.59 Å². The van der Waals surface area contributed by atoms with E-state index in [9.17, 15) is 9.59 Å². The number of rotatable bonds is 8. The highest BCUT2D eigenvalue weighted by Crippen LogP contribution is 2.11. The summed E-state index contributed by atoms with van der Waals surface area (Å²) in [7, 11) is 0. The maximum absolute atomic E-state index is 11.9. The molecule has 1 fully saturated rings. The molecule has 1 aliphatic rings. The average molecular weight is 330 g/mol. The van der Waals surface area contributed by atoms with Gasteiger partial charge in [-0.15, -0.1) is 0 Å². The second kappa shape index (κ2) is 10.1. The third-order valence-corrected chi connectivity index (χ3v) is 4.67. The second-order valence-corrected chi connectivity index (χ2v) is 6.57. The van der Waals surface area contributed by atoms with E-state index in [1.807, 2.05) is 4.90 Å². The van der Waals surface area contributed by atoms with Crippen LogP contribution in [0.4, 0.5) is 0 Å². The van der Waals surface area contributed by atoms with E-state index in [-0.39, 0.29) is 11.8 Å². The third-order valence-electron chi connectivity index (χ3n) is 4.67. The number of benzene rings is 1. The molecule has 4 nitrogen and oxygen atoms in total. The lowest BCUT2D eigenvalue weighted by molar-refractivity contribution is -0.130. The van der Waals surface area contributed by atoms with E-state index in [1.165, 1.54) is 11.1 Å². The van der Waals surface area contributed by atoms with Gasteiger partial charge in [0.25, 0.3) is 0 Å². The van der Waals surface area contributed by atoms with E-state index < -0.39 is 0 Å². The summed E-state index contributed by atoms with van der Waals surface area (Å²) in [6, 6.07) is 8.48. The van der Waals surface area contributed by atoms with Crippen LogP contribution < -0.4 is 5.32 Å². The Kier molecular flexibility index (Phi) is 7.80. The maximum Gasteiger partial charge on any atom is 0.222 e. The van der Waals surface area contributed by atoms with Crippen LogP contribution in [0.3, 0.4) is 0 Å². The highest BCUT2D eigenvalue weighted by molar-refractivity contribution is 5.76. The van der Waals surface area contributed by atoms with Gasteiger partial charge >= 0.3 is 0 Å². The molecule has 1 aromatic carbocycles. The summed E-state index contributed by atoms with van der Waals surface area (Å²) in [4.78, 5) is 25.8. The number of nitrogens with zero attached hydrogens (tertiary/aromatic N) is 1. The van der Waals surface area contributed by atoms with Crippen LogP contribution in [0, 0.1) is 0 Å². The quantitative estimate of drug-likeness (QED) is 0.745. The van der Waals surface area contributed by atoms with Gasteiger partial charge in [0, 0.05) is 32.5 Å². The van der Waals surface area contributed by atoms with Gasteiger partial charge in [-0.05, 0) is 43.2 Å². The average Bonchev–Trinajstić information content (AvgIpc) is 2.81. The number of carbonyl (C=O) groups is 2. The van der Waals surface area contributed by atoms with Gasteiger partial charge in [0.1, 0.15) is 0 Å². The molecule has 1 aliphatic heterocycles. The van der Waals surface area contributed by atoms with Crippen LogP contribution in [0.5, 0.6) is 0 Å². The Labute approximate surface area is 145 Å². The van der Waals surface area contributed by atoms with Crippen molar-refractivity contribution in [1.29, 1.82) is 0 Å². The molecule has 0 spiro atoms. The lowest BCUT2D eigenvalue weighted by Gasteiger charge is -2.20. The number of likely N-dealkylation sites (tertiary alicyclic amines) is 1. The number of amides is 2. The largest absolute Gasteiger partial charge is 0.356 e. The van der Waals surface area contributed by atoms with Crippen molar-refractivity contribution in [1.82, 2.24) is 10.2 Å². The molecule has 0 bridgehead atoms. The van der Waals surface area contributed by atoms with Crippen molar-refractivity contribution in [2.75, 3.05) is 19.6 Å². The van der Waals surface area contributed by atoms with E-state index in [0.29, 0.717) is 19.4 Å². The van der Waals surface area contributed by atoms with Crippen molar-refractivity contribution >= 4 is 11.8 Å². The predicted octanol–water partition coefficient (Wildman–Crippen LogP) is 3.09. The minimum atomic E-state index is 0.0942. The molecule has 0 aliphatic carbocycles. The summed E-state index contributed by atoms with van der Waals surface area (Å²) in [5, 5.41) is 2.97. The van der Waals surface area contributed by atoms with E-state index in [0.717, 1.165) is 51.6 Å². The van der Waals surface area contributed by atoms with Gasteiger partial charge in [0.2, 0.25) is 11.8 Å². The summed E-state index contributed by atoms with van der Waals surface area (Å²) in [6.07, 6.45) is 7.14. The van der Waals surface area contributed by atoms with Crippen LogP contribution in [0.15, 0.2) is 24.3 Å². The Bertz CT molecular complexity index is 525. The zero-order valence-electron chi connectivity index (χ0n) is 14.9. The fraction of sp³-hybridized carbons (Fsp3) is 0.600. The number of hydrogen-bond donors (Lipinski definition) is 1. The molecule has 1 heterocycles. The fourth-order valence-corrected chi connectivity index (χ4v) is 3.06. The zero-order valence-corrected chi connectivity index (χ0v) is 14.9. The van der Waals surface area contributed by atoms with Gasteiger partial charge in [-0.2, -0.15) is 0 Å². The minimum Gasteiger partial charge on any atom is -0.356 e. The molecule has 0 atom stereocenters. The molecular weight excluding hydrogens is 300 g/mol. The first-order valence-corrected chi connectivity index (χ1v) is 9.31. The van der Waals surface area contributed by atoms with Gasteiger partial charge in [0.05, 0.1) is 0 Å². The van der Waals surface area contributed by atoms with Crippen molar-refractivity contribution in [3.63, 3.8) is 0 Å². The van der Waals surface area contributed by atoms with E-state index >= 15 is 0 Å². The van der Waals surface area contributed by atoms with Crippen LogP contribution >= 0.6 is 0 Å². The third kappa shape index (κ3) is 6.34. The van der Waals surface area contributed by atoms with Crippen molar-refractivity contribution in [3.8, 4) is 0 Å². The molecule has 1 saturated heterocycles. The molecule has 4 heteroatoms. The van der Waals surface area contributed by atoms with Crippen LogP contribution in [0.25, 0.3) is 0 Å². The van der Waals surface area contributed by atoms with Crippen LogP contribution in [-0.2, 0) is 22.4 Å². The molecule has 132 valence electrons.